The van der Waals surface area contributed by atoms with Crippen LogP contribution < -0.4 is 5.32 Å². The topological polar surface area (TPSA) is 46.9 Å². The van der Waals surface area contributed by atoms with Crippen molar-refractivity contribution in [2.45, 2.75) is 51.6 Å². The number of amides is 1. The van der Waals surface area contributed by atoms with Crippen LogP contribution in [0.5, 0.6) is 0 Å². The highest BCUT2D eigenvalue weighted by atomic mass is 16.2. The van der Waals surface area contributed by atoms with Gasteiger partial charge in [-0.15, -0.1) is 0 Å². The molecule has 122 valence electrons. The number of nitrogens with one attached hydrogen (secondary N) is 1. The second-order valence-corrected chi connectivity index (χ2v) is 6.68. The number of aromatic nitrogens is 2. The average Bonchev–Trinajstić information content (AvgIpc) is 3.04. The zero-order valence-electron chi connectivity index (χ0n) is 13.9. The molecule has 1 aliphatic carbocycles. The standard InChI is InChI=1S/C19H25N3O/c1-14-7-6-10-17(13-14)21-19(23)15(2)22-12-11-20-18(22)16-8-4-3-5-9-16/h3-5,8-9,11-12,14-15,17H,6-7,10,13H2,1-2H3,(H,21,23)/t14-,15-,17+/m1/s1. The minimum atomic E-state index is -0.259. The van der Waals surface area contributed by atoms with Gasteiger partial charge in [-0.1, -0.05) is 50.1 Å². The number of carbonyl (C=O) groups is 1. The van der Waals surface area contributed by atoms with Crippen molar-refractivity contribution in [1.29, 1.82) is 0 Å². The average molecular weight is 311 g/mol. The molecule has 3 atom stereocenters. The number of hydrogen-bond donors (Lipinski definition) is 1. The molecule has 1 saturated carbocycles. The third kappa shape index (κ3) is 3.63. The number of rotatable bonds is 4. The normalized spacial score (nSPS) is 22.5. The fourth-order valence-electron chi connectivity index (χ4n) is 3.45. The van der Waals surface area contributed by atoms with Crippen LogP contribution in [0.15, 0.2) is 42.7 Å². The maximum atomic E-state index is 12.6. The van der Waals surface area contributed by atoms with Crippen molar-refractivity contribution >= 4 is 5.91 Å². The summed E-state index contributed by atoms with van der Waals surface area (Å²) in [5.41, 5.74) is 1.03. The third-order valence-electron chi connectivity index (χ3n) is 4.78. The van der Waals surface area contributed by atoms with E-state index in [1.165, 1.54) is 12.8 Å². The quantitative estimate of drug-likeness (QED) is 0.933. The molecule has 1 amide bonds. The first-order chi connectivity index (χ1) is 11.1. The number of nitrogens with zero attached hydrogens (tertiary/aromatic N) is 2. The lowest BCUT2D eigenvalue weighted by molar-refractivity contribution is -0.124. The Hall–Kier alpha value is -2.10. The maximum absolute atomic E-state index is 12.6. The van der Waals surface area contributed by atoms with Gasteiger partial charge in [-0.05, 0) is 25.7 Å². The van der Waals surface area contributed by atoms with Gasteiger partial charge in [0.2, 0.25) is 5.91 Å². The molecule has 0 bridgehead atoms. The van der Waals surface area contributed by atoms with Gasteiger partial charge in [-0.3, -0.25) is 4.79 Å². The summed E-state index contributed by atoms with van der Waals surface area (Å²) >= 11 is 0. The largest absolute Gasteiger partial charge is 0.352 e. The monoisotopic (exact) mass is 311 g/mol. The first-order valence-electron chi connectivity index (χ1n) is 8.53. The summed E-state index contributed by atoms with van der Waals surface area (Å²) in [6, 6.07) is 10.1. The summed E-state index contributed by atoms with van der Waals surface area (Å²) in [5.74, 6) is 1.63. The van der Waals surface area contributed by atoms with E-state index in [2.05, 4.69) is 17.2 Å². The van der Waals surface area contributed by atoms with Crippen molar-refractivity contribution in [3.05, 3.63) is 42.7 Å². The van der Waals surface area contributed by atoms with Crippen molar-refractivity contribution in [3.63, 3.8) is 0 Å². The Morgan fingerprint density at radius 3 is 2.83 bits per heavy atom. The molecular weight excluding hydrogens is 286 g/mol. The van der Waals surface area contributed by atoms with Crippen LogP contribution in [0, 0.1) is 5.92 Å². The lowest BCUT2D eigenvalue weighted by atomic mass is 9.87. The molecule has 1 aromatic carbocycles. The zero-order valence-corrected chi connectivity index (χ0v) is 13.9. The summed E-state index contributed by atoms with van der Waals surface area (Å²) in [6.07, 6.45) is 8.32. The fraction of sp³-hybridized carbons (Fsp3) is 0.474. The summed E-state index contributed by atoms with van der Waals surface area (Å²) in [5, 5.41) is 3.23. The molecule has 0 aliphatic heterocycles. The molecule has 1 fully saturated rings. The Labute approximate surface area is 137 Å². The molecule has 3 rings (SSSR count). The molecule has 0 radical (unpaired) electrons. The van der Waals surface area contributed by atoms with Gasteiger partial charge >= 0.3 is 0 Å². The van der Waals surface area contributed by atoms with Crippen LogP contribution in [0.2, 0.25) is 0 Å². The zero-order chi connectivity index (χ0) is 16.2. The van der Waals surface area contributed by atoms with E-state index in [4.69, 9.17) is 0 Å². The molecule has 2 aromatic rings. The molecule has 1 aliphatic rings. The van der Waals surface area contributed by atoms with E-state index >= 15 is 0 Å². The van der Waals surface area contributed by atoms with Crippen molar-refractivity contribution in [3.8, 4) is 11.4 Å². The smallest absolute Gasteiger partial charge is 0.243 e. The Morgan fingerprint density at radius 1 is 1.30 bits per heavy atom. The Kier molecular flexibility index (Phi) is 4.79. The third-order valence-corrected chi connectivity index (χ3v) is 4.78. The maximum Gasteiger partial charge on any atom is 0.243 e. The van der Waals surface area contributed by atoms with Gasteiger partial charge in [0.05, 0.1) is 0 Å². The molecule has 4 nitrogen and oxygen atoms in total. The number of carbonyl (C=O) groups excluding carboxylic acids is 1. The van der Waals surface area contributed by atoms with Crippen LogP contribution in [0.25, 0.3) is 11.4 Å². The first kappa shape index (κ1) is 15.8. The summed E-state index contributed by atoms with van der Waals surface area (Å²) in [4.78, 5) is 17.1. The Balaban J connectivity index is 1.72. The lowest BCUT2D eigenvalue weighted by Crippen LogP contribution is -2.41. The highest BCUT2D eigenvalue weighted by Gasteiger charge is 2.24. The van der Waals surface area contributed by atoms with E-state index in [1.807, 2.05) is 48.0 Å². The van der Waals surface area contributed by atoms with E-state index in [-0.39, 0.29) is 11.9 Å². The van der Waals surface area contributed by atoms with E-state index in [1.54, 1.807) is 6.20 Å². The molecule has 0 saturated heterocycles. The minimum Gasteiger partial charge on any atom is -0.352 e. The Morgan fingerprint density at radius 2 is 2.09 bits per heavy atom. The number of imidazole rings is 1. The van der Waals surface area contributed by atoms with E-state index < -0.39 is 0 Å². The second-order valence-electron chi connectivity index (χ2n) is 6.68. The van der Waals surface area contributed by atoms with Crippen molar-refractivity contribution in [1.82, 2.24) is 14.9 Å². The highest BCUT2D eigenvalue weighted by Crippen LogP contribution is 2.25. The van der Waals surface area contributed by atoms with Gasteiger partial charge in [0.25, 0.3) is 0 Å². The van der Waals surface area contributed by atoms with Crippen LogP contribution in [-0.2, 0) is 4.79 Å². The van der Waals surface area contributed by atoms with Crippen molar-refractivity contribution < 1.29 is 4.79 Å². The second kappa shape index (κ2) is 6.99. The molecule has 4 heteroatoms. The van der Waals surface area contributed by atoms with Gasteiger partial charge in [0.15, 0.2) is 0 Å². The van der Waals surface area contributed by atoms with Crippen LogP contribution in [0.3, 0.4) is 0 Å². The van der Waals surface area contributed by atoms with Gasteiger partial charge in [-0.25, -0.2) is 4.98 Å². The fourth-order valence-corrected chi connectivity index (χ4v) is 3.45. The Bertz CT molecular complexity index is 650. The van der Waals surface area contributed by atoms with Crippen LogP contribution >= 0.6 is 0 Å². The van der Waals surface area contributed by atoms with E-state index in [0.29, 0.717) is 12.0 Å². The molecular formula is C19H25N3O. The summed E-state index contributed by atoms with van der Waals surface area (Å²) in [7, 11) is 0. The van der Waals surface area contributed by atoms with Gasteiger partial charge in [-0.2, -0.15) is 0 Å². The predicted octanol–water partition coefficient (Wildman–Crippen LogP) is 3.81. The minimum absolute atomic E-state index is 0.0827. The van der Waals surface area contributed by atoms with Crippen LogP contribution in [0.4, 0.5) is 0 Å². The van der Waals surface area contributed by atoms with Crippen molar-refractivity contribution in [2.75, 3.05) is 0 Å². The molecule has 0 unspecified atom stereocenters. The number of benzene rings is 1. The van der Waals surface area contributed by atoms with Crippen LogP contribution in [0.1, 0.15) is 45.6 Å². The van der Waals surface area contributed by atoms with Gasteiger partial charge in [0.1, 0.15) is 11.9 Å². The highest BCUT2D eigenvalue weighted by molar-refractivity contribution is 5.81. The van der Waals surface area contributed by atoms with E-state index in [0.717, 1.165) is 24.2 Å². The number of hydrogen-bond acceptors (Lipinski definition) is 2. The SMILES string of the molecule is C[C@@H]1CCC[C@H](NC(=O)[C@@H](C)n2ccnc2-c2ccccc2)C1. The first-order valence-corrected chi connectivity index (χ1v) is 8.53. The molecule has 0 spiro atoms. The van der Waals surface area contributed by atoms with Crippen LogP contribution in [-0.4, -0.2) is 21.5 Å². The van der Waals surface area contributed by atoms with Gasteiger partial charge < -0.3 is 9.88 Å². The summed E-state index contributed by atoms with van der Waals surface area (Å²) < 4.78 is 1.96. The van der Waals surface area contributed by atoms with E-state index in [9.17, 15) is 4.79 Å². The van der Waals surface area contributed by atoms with Crippen molar-refractivity contribution in [2.24, 2.45) is 5.92 Å². The molecule has 1 aromatic heterocycles. The molecule has 23 heavy (non-hydrogen) atoms. The lowest BCUT2D eigenvalue weighted by Gasteiger charge is -2.29. The molecule has 1 N–H and O–H groups in total. The van der Waals surface area contributed by atoms with Gasteiger partial charge in [0, 0.05) is 24.0 Å². The summed E-state index contributed by atoms with van der Waals surface area (Å²) in [6.45, 7) is 4.21. The molecule has 1 heterocycles. The predicted molar refractivity (Wildman–Crippen MR) is 91.9 cm³/mol.